The Kier molecular flexibility index (Phi) is 7.71. The quantitative estimate of drug-likeness (QED) is 0.614. The monoisotopic (exact) mass is 388 g/mol. The molecule has 1 saturated heterocycles. The Morgan fingerprint density at radius 2 is 2.07 bits per heavy atom. The fraction of sp³-hybridized carbons (Fsp3) is 0.571. The van der Waals surface area contributed by atoms with E-state index in [9.17, 15) is 5.11 Å². The molecule has 0 spiro atoms. The van der Waals surface area contributed by atoms with E-state index in [0.29, 0.717) is 13.1 Å². The van der Waals surface area contributed by atoms with Gasteiger partial charge in [-0.15, -0.1) is 0 Å². The predicted octanol–water partition coefficient (Wildman–Crippen LogP) is 2.04. The molecule has 0 amide bonds. The zero-order chi connectivity index (χ0) is 19.8. The van der Waals surface area contributed by atoms with E-state index in [1.165, 1.54) is 12.8 Å². The second-order valence-electron chi connectivity index (χ2n) is 7.25. The van der Waals surface area contributed by atoms with Crippen molar-refractivity contribution in [3.8, 4) is 11.5 Å². The number of methoxy groups -OCH3 is 1. The normalized spacial score (nSPS) is 15.7. The molecule has 28 heavy (non-hydrogen) atoms. The summed E-state index contributed by atoms with van der Waals surface area (Å²) < 4.78 is 13.2. The average Bonchev–Trinajstić information content (AvgIpc) is 3.39. The first kappa shape index (κ1) is 20.6. The van der Waals surface area contributed by atoms with Gasteiger partial charge >= 0.3 is 0 Å². The summed E-state index contributed by atoms with van der Waals surface area (Å²) in [6.07, 6.45) is 5.88. The third kappa shape index (κ3) is 5.95. The van der Waals surface area contributed by atoms with Crippen molar-refractivity contribution in [3.63, 3.8) is 0 Å². The van der Waals surface area contributed by atoms with Gasteiger partial charge in [-0.05, 0) is 38.9 Å². The molecular formula is C21H32N4O3. The van der Waals surface area contributed by atoms with Crippen molar-refractivity contribution in [3.05, 3.63) is 41.7 Å². The fourth-order valence-electron chi connectivity index (χ4n) is 3.46. The molecular weight excluding hydrogens is 356 g/mol. The number of nitrogens with one attached hydrogen (secondary N) is 1. The zero-order valence-electron chi connectivity index (χ0n) is 16.9. The van der Waals surface area contributed by atoms with Crippen molar-refractivity contribution in [1.29, 1.82) is 0 Å². The van der Waals surface area contributed by atoms with Crippen LogP contribution in [0.1, 0.15) is 30.9 Å². The molecule has 0 aliphatic carbocycles. The lowest BCUT2D eigenvalue weighted by atomic mass is 10.2. The SMILES string of the molecule is CCn1cc(CNCc2ccc(OC)cc2OCC(O)CN2CCCC2)cn1. The van der Waals surface area contributed by atoms with Crippen LogP contribution in [0.25, 0.3) is 0 Å². The van der Waals surface area contributed by atoms with Gasteiger partial charge in [-0.1, -0.05) is 6.07 Å². The Morgan fingerprint density at radius 1 is 1.25 bits per heavy atom. The van der Waals surface area contributed by atoms with Crippen LogP contribution in [0.2, 0.25) is 0 Å². The summed E-state index contributed by atoms with van der Waals surface area (Å²) in [5.41, 5.74) is 2.19. The molecule has 7 nitrogen and oxygen atoms in total. The van der Waals surface area contributed by atoms with Crippen LogP contribution in [0, 0.1) is 0 Å². The number of hydrogen-bond acceptors (Lipinski definition) is 6. The molecule has 7 heteroatoms. The van der Waals surface area contributed by atoms with E-state index in [4.69, 9.17) is 9.47 Å². The number of likely N-dealkylation sites (tertiary alicyclic amines) is 1. The minimum absolute atomic E-state index is 0.278. The molecule has 1 unspecified atom stereocenters. The van der Waals surface area contributed by atoms with E-state index >= 15 is 0 Å². The maximum atomic E-state index is 10.3. The number of hydrogen-bond donors (Lipinski definition) is 2. The fourth-order valence-corrected chi connectivity index (χ4v) is 3.46. The molecule has 1 aliphatic rings. The molecule has 2 N–H and O–H groups in total. The van der Waals surface area contributed by atoms with Crippen molar-refractivity contribution < 1.29 is 14.6 Å². The van der Waals surface area contributed by atoms with Gasteiger partial charge < -0.3 is 24.8 Å². The summed E-state index contributed by atoms with van der Waals surface area (Å²) in [6.45, 7) is 7.43. The van der Waals surface area contributed by atoms with Gasteiger partial charge in [0.25, 0.3) is 0 Å². The van der Waals surface area contributed by atoms with E-state index in [0.717, 1.165) is 48.8 Å². The van der Waals surface area contributed by atoms with E-state index in [-0.39, 0.29) is 6.61 Å². The number of aliphatic hydroxyl groups is 1. The van der Waals surface area contributed by atoms with E-state index < -0.39 is 6.10 Å². The number of β-amino-alcohol motifs (C(OH)–C–C–N with tert-alkyl or cyclic N) is 1. The number of rotatable bonds is 11. The highest BCUT2D eigenvalue weighted by Gasteiger charge is 2.17. The number of benzene rings is 1. The maximum Gasteiger partial charge on any atom is 0.127 e. The van der Waals surface area contributed by atoms with Gasteiger partial charge in [0.15, 0.2) is 0 Å². The Balaban J connectivity index is 1.54. The third-order valence-corrected chi connectivity index (χ3v) is 5.03. The maximum absolute atomic E-state index is 10.3. The highest BCUT2D eigenvalue weighted by atomic mass is 16.5. The molecule has 3 rings (SSSR count). The summed E-state index contributed by atoms with van der Waals surface area (Å²) in [6, 6.07) is 5.82. The average molecular weight is 389 g/mol. The lowest BCUT2D eigenvalue weighted by Gasteiger charge is -2.20. The van der Waals surface area contributed by atoms with E-state index in [2.05, 4.69) is 22.2 Å². The second kappa shape index (κ2) is 10.5. The highest BCUT2D eigenvalue weighted by Crippen LogP contribution is 2.25. The molecule has 0 bridgehead atoms. The van der Waals surface area contributed by atoms with E-state index in [1.807, 2.05) is 35.3 Å². The third-order valence-electron chi connectivity index (χ3n) is 5.03. The zero-order valence-corrected chi connectivity index (χ0v) is 16.9. The lowest BCUT2D eigenvalue weighted by Crippen LogP contribution is -2.33. The Hall–Kier alpha value is -2.09. The summed E-state index contributed by atoms with van der Waals surface area (Å²) in [7, 11) is 1.64. The topological polar surface area (TPSA) is 71.8 Å². The van der Waals surface area contributed by atoms with Gasteiger partial charge in [0.2, 0.25) is 0 Å². The Bertz CT molecular complexity index is 728. The lowest BCUT2D eigenvalue weighted by molar-refractivity contribution is 0.0753. The first-order valence-corrected chi connectivity index (χ1v) is 10.1. The van der Waals surface area contributed by atoms with Gasteiger partial charge in [-0.25, -0.2) is 0 Å². The summed E-state index contributed by atoms with van der Waals surface area (Å²) in [5, 5.41) is 18.0. The number of nitrogens with zero attached hydrogens (tertiary/aromatic N) is 3. The highest BCUT2D eigenvalue weighted by molar-refractivity contribution is 5.40. The number of aliphatic hydroxyl groups excluding tert-OH is 1. The summed E-state index contributed by atoms with van der Waals surface area (Å²) in [5.74, 6) is 1.49. The van der Waals surface area contributed by atoms with Gasteiger partial charge in [0.05, 0.1) is 13.3 Å². The smallest absolute Gasteiger partial charge is 0.127 e. The van der Waals surface area contributed by atoms with Crippen molar-refractivity contribution in [2.75, 3.05) is 33.4 Å². The first-order chi connectivity index (χ1) is 13.7. The molecule has 1 aromatic carbocycles. The number of ether oxygens (including phenoxy) is 2. The molecule has 0 radical (unpaired) electrons. The van der Waals surface area contributed by atoms with Crippen LogP contribution in [0.15, 0.2) is 30.6 Å². The van der Waals surface area contributed by atoms with Crippen LogP contribution in [0.3, 0.4) is 0 Å². The van der Waals surface area contributed by atoms with Crippen LogP contribution in [0.4, 0.5) is 0 Å². The van der Waals surface area contributed by atoms with Crippen molar-refractivity contribution in [2.45, 2.75) is 45.5 Å². The standard InChI is InChI=1S/C21H32N4O3/c1-3-25-14-17(12-23-25)11-22-13-18-6-7-20(27-2)10-21(18)28-16-19(26)15-24-8-4-5-9-24/h6-7,10,12,14,19,22,26H,3-5,8-9,11,13,15-16H2,1-2H3. The predicted molar refractivity (Wildman–Crippen MR) is 109 cm³/mol. The second-order valence-corrected chi connectivity index (χ2v) is 7.25. The molecule has 1 aliphatic heterocycles. The Morgan fingerprint density at radius 3 is 2.79 bits per heavy atom. The van der Waals surface area contributed by atoms with Crippen molar-refractivity contribution in [1.82, 2.24) is 20.0 Å². The van der Waals surface area contributed by atoms with Gasteiger partial charge in [-0.3, -0.25) is 4.68 Å². The van der Waals surface area contributed by atoms with Crippen LogP contribution in [-0.4, -0.2) is 59.2 Å². The molecule has 2 heterocycles. The molecule has 1 atom stereocenters. The number of aryl methyl sites for hydroxylation is 1. The van der Waals surface area contributed by atoms with Gasteiger partial charge in [0.1, 0.15) is 24.2 Å². The molecule has 2 aromatic rings. The molecule has 154 valence electrons. The minimum Gasteiger partial charge on any atom is -0.497 e. The van der Waals surface area contributed by atoms with Crippen LogP contribution in [-0.2, 0) is 19.6 Å². The van der Waals surface area contributed by atoms with Crippen LogP contribution in [0.5, 0.6) is 11.5 Å². The summed E-state index contributed by atoms with van der Waals surface area (Å²) >= 11 is 0. The van der Waals surface area contributed by atoms with Gasteiger partial charge in [-0.2, -0.15) is 5.10 Å². The van der Waals surface area contributed by atoms with Crippen molar-refractivity contribution in [2.24, 2.45) is 0 Å². The van der Waals surface area contributed by atoms with E-state index in [1.54, 1.807) is 7.11 Å². The van der Waals surface area contributed by atoms with Crippen LogP contribution < -0.4 is 14.8 Å². The molecule has 1 fully saturated rings. The minimum atomic E-state index is -0.495. The van der Waals surface area contributed by atoms with Crippen LogP contribution >= 0.6 is 0 Å². The first-order valence-electron chi connectivity index (χ1n) is 10.1. The largest absolute Gasteiger partial charge is 0.497 e. The Labute approximate surface area is 167 Å². The van der Waals surface area contributed by atoms with Gasteiger partial charge in [0, 0.05) is 49.6 Å². The molecule has 0 saturated carbocycles. The molecule has 1 aromatic heterocycles. The van der Waals surface area contributed by atoms with Crippen molar-refractivity contribution >= 4 is 0 Å². The number of aromatic nitrogens is 2. The summed E-state index contributed by atoms with van der Waals surface area (Å²) in [4.78, 5) is 2.29.